The van der Waals surface area contributed by atoms with Crippen molar-refractivity contribution in [2.75, 3.05) is 19.4 Å². The minimum absolute atomic E-state index is 0.0547. The van der Waals surface area contributed by atoms with Gasteiger partial charge in [-0.2, -0.15) is 0 Å². The zero-order valence-corrected chi connectivity index (χ0v) is 16.1. The lowest BCUT2D eigenvalue weighted by molar-refractivity contribution is -0.131. The molecule has 1 fully saturated rings. The van der Waals surface area contributed by atoms with Crippen molar-refractivity contribution in [2.24, 2.45) is 0 Å². The van der Waals surface area contributed by atoms with Crippen molar-refractivity contribution in [3.05, 3.63) is 59.7 Å². The summed E-state index contributed by atoms with van der Waals surface area (Å²) in [4.78, 5) is 14.4. The van der Waals surface area contributed by atoms with E-state index >= 15 is 0 Å². The van der Waals surface area contributed by atoms with Crippen LogP contribution in [-0.2, 0) is 11.4 Å². The van der Waals surface area contributed by atoms with Crippen molar-refractivity contribution in [3.63, 3.8) is 0 Å². The highest BCUT2D eigenvalue weighted by Gasteiger charge is 2.30. The van der Waals surface area contributed by atoms with E-state index in [1.54, 1.807) is 18.9 Å². The summed E-state index contributed by atoms with van der Waals surface area (Å²) >= 11 is 1.80. The van der Waals surface area contributed by atoms with Gasteiger partial charge in [0.15, 0.2) is 11.5 Å². The number of amides is 1. The second-order valence-corrected chi connectivity index (χ2v) is 7.43. The van der Waals surface area contributed by atoms with Crippen LogP contribution in [0.1, 0.15) is 36.3 Å². The summed E-state index contributed by atoms with van der Waals surface area (Å²) in [5.41, 5.74) is 2.19. The highest BCUT2D eigenvalue weighted by atomic mass is 32.2. The maximum atomic E-state index is 12.4. The number of carbonyl (C=O) groups is 1. The minimum atomic E-state index is 0.0547. The van der Waals surface area contributed by atoms with Crippen LogP contribution >= 0.6 is 11.8 Å². The van der Waals surface area contributed by atoms with E-state index in [0.717, 1.165) is 29.8 Å². The summed E-state index contributed by atoms with van der Waals surface area (Å²) in [6.45, 7) is 3.33. The van der Waals surface area contributed by atoms with Gasteiger partial charge < -0.3 is 14.4 Å². The van der Waals surface area contributed by atoms with Gasteiger partial charge in [0.1, 0.15) is 12.0 Å². The first-order chi connectivity index (χ1) is 12.7. The topological polar surface area (TPSA) is 38.8 Å². The molecule has 4 nitrogen and oxygen atoms in total. The number of carbonyl (C=O) groups excluding carboxylic acids is 1. The number of ether oxygens (including phenoxy) is 2. The van der Waals surface area contributed by atoms with Gasteiger partial charge in [-0.05, 0) is 29.7 Å². The van der Waals surface area contributed by atoms with Gasteiger partial charge in [0.05, 0.1) is 7.11 Å². The fourth-order valence-electron chi connectivity index (χ4n) is 3.05. The van der Waals surface area contributed by atoms with Crippen LogP contribution in [0.15, 0.2) is 48.5 Å². The molecule has 0 aromatic heterocycles. The Bertz CT molecular complexity index is 735. The molecule has 5 heteroatoms. The zero-order chi connectivity index (χ0) is 18.4. The van der Waals surface area contributed by atoms with Crippen molar-refractivity contribution in [2.45, 2.75) is 31.7 Å². The van der Waals surface area contributed by atoms with Gasteiger partial charge in [0, 0.05) is 18.7 Å². The highest BCUT2D eigenvalue weighted by Crippen LogP contribution is 2.41. The molecule has 0 radical (unpaired) electrons. The van der Waals surface area contributed by atoms with E-state index in [1.165, 1.54) is 0 Å². The lowest BCUT2D eigenvalue weighted by Crippen LogP contribution is -2.30. The molecule has 1 atom stereocenters. The molecule has 3 rings (SSSR count). The fourth-order valence-corrected chi connectivity index (χ4v) is 4.32. The molecule has 138 valence electrons. The standard InChI is InChI=1S/C21H25NO3S/c1-3-7-20(23)22-12-13-26-21(22)17-10-11-18(24-2)19(14-17)25-15-16-8-5-4-6-9-16/h4-6,8-11,14,21H,3,7,12-13,15H2,1-2H3/t21-/m1/s1. The van der Waals surface area contributed by atoms with E-state index in [9.17, 15) is 4.79 Å². The molecule has 1 amide bonds. The summed E-state index contributed by atoms with van der Waals surface area (Å²) < 4.78 is 11.5. The summed E-state index contributed by atoms with van der Waals surface area (Å²) in [5, 5.41) is 0.0547. The second-order valence-electron chi connectivity index (χ2n) is 6.24. The molecule has 0 aliphatic carbocycles. The maximum absolute atomic E-state index is 12.4. The molecule has 1 saturated heterocycles. The van der Waals surface area contributed by atoms with Gasteiger partial charge in [-0.25, -0.2) is 0 Å². The third kappa shape index (κ3) is 4.33. The van der Waals surface area contributed by atoms with E-state index in [1.807, 2.05) is 60.4 Å². The molecular formula is C21H25NO3S. The van der Waals surface area contributed by atoms with Crippen LogP contribution in [0.5, 0.6) is 11.5 Å². The van der Waals surface area contributed by atoms with Crippen LogP contribution in [0.2, 0.25) is 0 Å². The molecule has 2 aromatic rings. The molecule has 0 saturated carbocycles. The first kappa shape index (κ1) is 18.6. The first-order valence-corrected chi connectivity index (χ1v) is 10.0. The van der Waals surface area contributed by atoms with Gasteiger partial charge in [0.25, 0.3) is 0 Å². The Morgan fingerprint density at radius 3 is 2.73 bits per heavy atom. The largest absolute Gasteiger partial charge is 0.493 e. The van der Waals surface area contributed by atoms with Gasteiger partial charge in [0.2, 0.25) is 5.91 Å². The second kappa shape index (κ2) is 8.99. The molecule has 0 N–H and O–H groups in total. The van der Waals surface area contributed by atoms with Crippen LogP contribution in [0.3, 0.4) is 0 Å². The average Bonchev–Trinajstić information content (AvgIpc) is 3.17. The Morgan fingerprint density at radius 2 is 2.00 bits per heavy atom. The predicted molar refractivity (Wildman–Crippen MR) is 106 cm³/mol. The molecule has 1 aliphatic rings. The van der Waals surface area contributed by atoms with Crippen LogP contribution < -0.4 is 9.47 Å². The van der Waals surface area contributed by atoms with Crippen LogP contribution in [0.25, 0.3) is 0 Å². The van der Waals surface area contributed by atoms with Crippen LogP contribution in [0.4, 0.5) is 0 Å². The van der Waals surface area contributed by atoms with Crippen LogP contribution in [0, 0.1) is 0 Å². The molecule has 1 heterocycles. The third-order valence-corrected chi connectivity index (χ3v) is 5.65. The Labute approximate surface area is 159 Å². The number of benzene rings is 2. The smallest absolute Gasteiger partial charge is 0.223 e. The number of rotatable bonds is 7. The van der Waals surface area contributed by atoms with Gasteiger partial charge in [-0.3, -0.25) is 4.79 Å². The molecule has 0 bridgehead atoms. The number of nitrogens with zero attached hydrogens (tertiary/aromatic N) is 1. The van der Waals surface area contributed by atoms with Crippen LogP contribution in [-0.4, -0.2) is 30.2 Å². The monoisotopic (exact) mass is 371 g/mol. The predicted octanol–water partition coefficient (Wildman–Crippen LogP) is 4.65. The Balaban J connectivity index is 1.79. The first-order valence-electron chi connectivity index (χ1n) is 8.98. The highest BCUT2D eigenvalue weighted by molar-refractivity contribution is 7.99. The molecule has 0 spiro atoms. The SMILES string of the molecule is CCCC(=O)N1CCS[C@@H]1c1ccc(OC)c(OCc2ccccc2)c1. The van der Waals surface area contributed by atoms with E-state index in [2.05, 4.69) is 0 Å². The van der Waals surface area contributed by atoms with E-state index < -0.39 is 0 Å². The van der Waals surface area contributed by atoms with Gasteiger partial charge in [-0.15, -0.1) is 11.8 Å². The Hall–Kier alpha value is -2.14. The summed E-state index contributed by atoms with van der Waals surface area (Å²) in [6, 6.07) is 16.0. The zero-order valence-electron chi connectivity index (χ0n) is 15.3. The number of hydrogen-bond donors (Lipinski definition) is 0. The lowest BCUT2D eigenvalue weighted by Gasteiger charge is -2.25. The van der Waals surface area contributed by atoms with Gasteiger partial charge in [-0.1, -0.05) is 43.3 Å². The van der Waals surface area contributed by atoms with Crippen molar-refractivity contribution in [1.29, 1.82) is 0 Å². The molecule has 26 heavy (non-hydrogen) atoms. The molecular weight excluding hydrogens is 346 g/mol. The van der Waals surface area contributed by atoms with Gasteiger partial charge >= 0.3 is 0 Å². The number of thioether (sulfide) groups is 1. The van der Waals surface area contributed by atoms with E-state index in [0.29, 0.717) is 24.5 Å². The number of methoxy groups -OCH3 is 1. The lowest BCUT2D eigenvalue weighted by atomic mass is 10.1. The van der Waals surface area contributed by atoms with E-state index in [4.69, 9.17) is 9.47 Å². The van der Waals surface area contributed by atoms with E-state index in [-0.39, 0.29) is 11.3 Å². The maximum Gasteiger partial charge on any atom is 0.223 e. The van der Waals surface area contributed by atoms with Crippen molar-refractivity contribution < 1.29 is 14.3 Å². The fraction of sp³-hybridized carbons (Fsp3) is 0.381. The van der Waals surface area contributed by atoms with Crippen molar-refractivity contribution in [3.8, 4) is 11.5 Å². The molecule has 2 aromatic carbocycles. The Morgan fingerprint density at radius 1 is 1.19 bits per heavy atom. The normalized spacial score (nSPS) is 16.5. The average molecular weight is 372 g/mol. The minimum Gasteiger partial charge on any atom is -0.493 e. The third-order valence-electron chi connectivity index (χ3n) is 4.39. The Kier molecular flexibility index (Phi) is 6.45. The van der Waals surface area contributed by atoms with Crippen molar-refractivity contribution in [1.82, 2.24) is 4.90 Å². The summed E-state index contributed by atoms with van der Waals surface area (Å²) in [7, 11) is 1.64. The molecule has 1 aliphatic heterocycles. The quantitative estimate of drug-likeness (QED) is 0.710. The number of hydrogen-bond acceptors (Lipinski definition) is 4. The summed E-state index contributed by atoms with van der Waals surface area (Å²) in [5.74, 6) is 2.61. The van der Waals surface area contributed by atoms with Crippen molar-refractivity contribution >= 4 is 17.7 Å². The molecule has 0 unspecified atom stereocenters. The summed E-state index contributed by atoms with van der Waals surface area (Å²) in [6.07, 6.45) is 1.48.